The van der Waals surface area contributed by atoms with E-state index in [9.17, 15) is 13.2 Å². The Balaban J connectivity index is 1.59. The molecule has 0 aliphatic carbocycles. The smallest absolute Gasteiger partial charge is 0.227 e. The topological polar surface area (TPSA) is 85.2 Å². The highest BCUT2D eigenvalue weighted by Crippen LogP contribution is 2.36. The third kappa shape index (κ3) is 4.69. The maximum Gasteiger partial charge on any atom is 0.227 e. The number of rotatable bonds is 5. The molecule has 1 saturated heterocycles. The van der Waals surface area contributed by atoms with Gasteiger partial charge in [0.25, 0.3) is 0 Å². The number of hydrogen-bond acceptors (Lipinski definition) is 5. The molecule has 1 amide bonds. The minimum absolute atomic E-state index is 0.0307. The lowest BCUT2D eigenvalue weighted by Gasteiger charge is -2.35. The highest BCUT2D eigenvalue weighted by molar-refractivity contribution is 7.90. The summed E-state index contributed by atoms with van der Waals surface area (Å²) in [7, 11) is -1.36. The summed E-state index contributed by atoms with van der Waals surface area (Å²) in [4.78, 5) is 19.5. The van der Waals surface area contributed by atoms with Crippen LogP contribution in [0.4, 0.5) is 0 Å². The van der Waals surface area contributed by atoms with Crippen LogP contribution in [0.1, 0.15) is 36.6 Å². The van der Waals surface area contributed by atoms with Crippen LogP contribution in [0.25, 0.3) is 11.1 Å². The van der Waals surface area contributed by atoms with Crippen molar-refractivity contribution in [1.82, 2.24) is 19.7 Å². The molecule has 31 heavy (non-hydrogen) atoms. The number of aromatic nitrogens is 3. The predicted molar refractivity (Wildman–Crippen MR) is 118 cm³/mol. The Morgan fingerprint density at radius 2 is 1.81 bits per heavy atom. The van der Waals surface area contributed by atoms with Crippen molar-refractivity contribution in [2.75, 3.05) is 12.8 Å². The number of likely N-dealkylation sites (tertiary alicyclic amines) is 1. The summed E-state index contributed by atoms with van der Waals surface area (Å²) in [6.45, 7) is 0.692. The molecule has 2 aromatic heterocycles. The second-order valence-corrected chi connectivity index (χ2v) is 10.0. The molecule has 8 heteroatoms. The molecular weight excluding hydrogens is 412 g/mol. The summed E-state index contributed by atoms with van der Waals surface area (Å²) >= 11 is 0. The molecule has 1 fully saturated rings. The quantitative estimate of drug-likeness (QED) is 0.611. The van der Waals surface area contributed by atoms with Crippen molar-refractivity contribution in [3.05, 3.63) is 66.2 Å². The van der Waals surface area contributed by atoms with Crippen LogP contribution >= 0.6 is 0 Å². The zero-order chi connectivity index (χ0) is 22.0. The van der Waals surface area contributed by atoms with Gasteiger partial charge in [0.1, 0.15) is 0 Å². The highest BCUT2D eigenvalue weighted by Gasteiger charge is 2.31. The molecule has 0 saturated carbocycles. The van der Waals surface area contributed by atoms with Gasteiger partial charge in [0.2, 0.25) is 5.91 Å². The van der Waals surface area contributed by atoms with Crippen LogP contribution in [0.15, 0.2) is 59.9 Å². The van der Waals surface area contributed by atoms with Crippen molar-refractivity contribution in [3.63, 3.8) is 0 Å². The molecule has 7 nitrogen and oxygen atoms in total. The highest BCUT2D eigenvalue weighted by atomic mass is 32.2. The average molecular weight is 439 g/mol. The van der Waals surface area contributed by atoms with Crippen molar-refractivity contribution >= 4 is 15.7 Å². The summed E-state index contributed by atoms with van der Waals surface area (Å²) in [6.07, 6.45) is 9.80. The fourth-order valence-electron chi connectivity index (χ4n) is 4.15. The molecule has 1 atom stereocenters. The zero-order valence-corrected chi connectivity index (χ0v) is 18.5. The Morgan fingerprint density at radius 3 is 2.48 bits per heavy atom. The first-order valence-corrected chi connectivity index (χ1v) is 12.2. The summed E-state index contributed by atoms with van der Waals surface area (Å²) in [5.41, 5.74) is 3.77. The Kier molecular flexibility index (Phi) is 5.91. The number of nitrogens with zero attached hydrogens (tertiary/aromatic N) is 4. The van der Waals surface area contributed by atoms with Crippen molar-refractivity contribution in [1.29, 1.82) is 0 Å². The van der Waals surface area contributed by atoms with E-state index in [2.05, 4.69) is 4.98 Å². The van der Waals surface area contributed by atoms with E-state index in [-0.39, 0.29) is 23.3 Å². The number of hydrogen-bond donors (Lipinski definition) is 0. The standard InChI is InChI=1S/C23H26N4O3S/c1-26-16-20(18-10-12-24-13-11-18)23(25-26)21-5-3-4-14-27(21)22(28)15-17-6-8-19(9-7-17)31(2,29)30/h6-13,16,21H,3-5,14-15H2,1-2H3/t21-/m0/s1. The number of amides is 1. The van der Waals surface area contributed by atoms with E-state index in [1.165, 1.54) is 6.26 Å². The van der Waals surface area contributed by atoms with E-state index in [4.69, 9.17) is 5.10 Å². The lowest BCUT2D eigenvalue weighted by atomic mass is 9.94. The van der Waals surface area contributed by atoms with Gasteiger partial charge in [0.05, 0.1) is 23.1 Å². The minimum Gasteiger partial charge on any atom is -0.334 e. The van der Waals surface area contributed by atoms with Crippen LogP contribution in [-0.2, 0) is 28.1 Å². The maximum atomic E-state index is 13.3. The van der Waals surface area contributed by atoms with E-state index >= 15 is 0 Å². The van der Waals surface area contributed by atoms with Gasteiger partial charge in [-0.25, -0.2) is 8.42 Å². The summed E-state index contributed by atoms with van der Waals surface area (Å²) in [6, 6.07) is 10.4. The fourth-order valence-corrected chi connectivity index (χ4v) is 4.78. The first kappa shape index (κ1) is 21.2. The van der Waals surface area contributed by atoms with Gasteiger partial charge in [-0.1, -0.05) is 12.1 Å². The van der Waals surface area contributed by atoms with Crippen LogP contribution in [0.5, 0.6) is 0 Å². The molecule has 162 valence electrons. The number of piperidine rings is 1. The molecule has 0 N–H and O–H groups in total. The molecule has 3 heterocycles. The zero-order valence-electron chi connectivity index (χ0n) is 17.7. The Bertz CT molecular complexity index is 1170. The Morgan fingerprint density at radius 1 is 1.10 bits per heavy atom. The number of carbonyl (C=O) groups excluding carboxylic acids is 1. The first-order chi connectivity index (χ1) is 14.8. The van der Waals surface area contributed by atoms with Gasteiger partial charge in [0.15, 0.2) is 9.84 Å². The van der Waals surface area contributed by atoms with Crippen molar-refractivity contribution in [3.8, 4) is 11.1 Å². The SMILES string of the molecule is Cn1cc(-c2ccncc2)c([C@@H]2CCCCN2C(=O)Cc2ccc(S(C)(=O)=O)cc2)n1. The Hall–Kier alpha value is -3.00. The molecule has 0 spiro atoms. The molecule has 1 aromatic carbocycles. The van der Waals surface area contributed by atoms with Crippen molar-refractivity contribution in [2.24, 2.45) is 7.05 Å². The molecule has 4 rings (SSSR count). The number of benzene rings is 1. The van der Waals surface area contributed by atoms with Crippen LogP contribution in [-0.4, -0.2) is 46.8 Å². The summed E-state index contributed by atoms with van der Waals surface area (Å²) in [5.74, 6) is 0.0307. The number of aryl methyl sites for hydroxylation is 1. The Labute approximate surface area is 182 Å². The number of pyridine rings is 1. The predicted octanol–water partition coefficient (Wildman–Crippen LogP) is 3.18. The maximum absolute atomic E-state index is 13.3. The molecule has 0 unspecified atom stereocenters. The van der Waals surface area contributed by atoms with E-state index in [0.717, 1.165) is 41.6 Å². The lowest BCUT2D eigenvalue weighted by Crippen LogP contribution is -2.39. The summed E-state index contributed by atoms with van der Waals surface area (Å²) < 4.78 is 25.2. The van der Waals surface area contributed by atoms with Gasteiger partial charge in [0, 0.05) is 44.0 Å². The van der Waals surface area contributed by atoms with Gasteiger partial charge in [-0.2, -0.15) is 5.10 Å². The van der Waals surface area contributed by atoms with Gasteiger partial charge in [-0.05, 0) is 54.7 Å². The van der Waals surface area contributed by atoms with E-state index in [0.29, 0.717) is 6.54 Å². The first-order valence-electron chi connectivity index (χ1n) is 10.4. The van der Waals surface area contributed by atoms with E-state index in [1.807, 2.05) is 30.3 Å². The molecule has 1 aliphatic rings. The normalized spacial score (nSPS) is 17.0. The average Bonchev–Trinajstić information content (AvgIpc) is 3.15. The van der Waals surface area contributed by atoms with Crippen LogP contribution in [0.3, 0.4) is 0 Å². The van der Waals surface area contributed by atoms with Gasteiger partial charge in [-0.3, -0.25) is 14.5 Å². The van der Waals surface area contributed by atoms with Gasteiger partial charge >= 0.3 is 0 Å². The third-order valence-corrected chi connectivity index (χ3v) is 6.82. The molecule has 0 radical (unpaired) electrons. The van der Waals surface area contributed by atoms with Gasteiger partial charge < -0.3 is 4.90 Å². The fraction of sp³-hybridized carbons (Fsp3) is 0.348. The lowest BCUT2D eigenvalue weighted by molar-refractivity contribution is -0.134. The van der Waals surface area contributed by atoms with Crippen LogP contribution < -0.4 is 0 Å². The van der Waals surface area contributed by atoms with E-state index < -0.39 is 9.84 Å². The number of carbonyl (C=O) groups is 1. The van der Waals surface area contributed by atoms with Crippen LogP contribution in [0.2, 0.25) is 0 Å². The summed E-state index contributed by atoms with van der Waals surface area (Å²) in [5, 5.41) is 4.72. The van der Waals surface area contributed by atoms with Crippen molar-refractivity contribution in [2.45, 2.75) is 36.6 Å². The van der Waals surface area contributed by atoms with Gasteiger partial charge in [-0.15, -0.1) is 0 Å². The van der Waals surface area contributed by atoms with Crippen LogP contribution in [0, 0.1) is 0 Å². The largest absolute Gasteiger partial charge is 0.334 e. The molecular formula is C23H26N4O3S. The monoisotopic (exact) mass is 438 g/mol. The van der Waals surface area contributed by atoms with E-state index in [1.54, 1.807) is 41.3 Å². The van der Waals surface area contributed by atoms with Crippen molar-refractivity contribution < 1.29 is 13.2 Å². The molecule has 1 aliphatic heterocycles. The third-order valence-electron chi connectivity index (χ3n) is 5.69. The second kappa shape index (κ2) is 8.63. The molecule has 3 aromatic rings. The molecule has 0 bridgehead atoms. The second-order valence-electron chi connectivity index (χ2n) is 8.03. The number of sulfone groups is 1. The minimum atomic E-state index is -3.25.